The molecule has 4 heteroatoms. The number of nitrogens with zero attached hydrogens (tertiary/aromatic N) is 2. The highest BCUT2D eigenvalue weighted by molar-refractivity contribution is 6.31. The fraction of sp³-hybridized carbons (Fsp3) is 0.750. The maximum Gasteiger partial charge on any atom is 0.0849 e. The lowest BCUT2D eigenvalue weighted by Crippen LogP contribution is -2.18. The maximum atomic E-state index is 9.33. The molecule has 0 bridgehead atoms. The average Bonchev–Trinajstić information content (AvgIpc) is 2.51. The van der Waals surface area contributed by atoms with Crippen molar-refractivity contribution < 1.29 is 5.11 Å². The molecule has 0 aliphatic carbocycles. The quantitative estimate of drug-likeness (QED) is 0.864. The first-order valence-electron chi connectivity index (χ1n) is 5.82. The van der Waals surface area contributed by atoms with Gasteiger partial charge in [-0.3, -0.25) is 4.68 Å². The molecule has 0 radical (unpaired) electrons. The van der Waals surface area contributed by atoms with E-state index in [2.05, 4.69) is 18.9 Å². The first kappa shape index (κ1) is 13.5. The smallest absolute Gasteiger partial charge is 0.0849 e. The second-order valence-electron chi connectivity index (χ2n) is 4.58. The highest BCUT2D eigenvalue weighted by Crippen LogP contribution is 2.25. The van der Waals surface area contributed by atoms with Crippen LogP contribution in [-0.2, 0) is 19.9 Å². The van der Waals surface area contributed by atoms with Gasteiger partial charge >= 0.3 is 0 Å². The summed E-state index contributed by atoms with van der Waals surface area (Å²) in [6.45, 7) is 6.47. The first-order chi connectivity index (χ1) is 7.51. The zero-order valence-electron chi connectivity index (χ0n) is 10.5. The fourth-order valence-electron chi connectivity index (χ4n) is 1.80. The molecule has 1 heterocycles. The van der Waals surface area contributed by atoms with Crippen molar-refractivity contribution in [2.75, 3.05) is 6.61 Å². The van der Waals surface area contributed by atoms with Gasteiger partial charge in [-0.15, -0.1) is 0 Å². The molecule has 0 spiro atoms. The van der Waals surface area contributed by atoms with Crippen LogP contribution in [0.2, 0.25) is 5.02 Å². The minimum absolute atomic E-state index is 0.195. The monoisotopic (exact) mass is 244 g/mol. The van der Waals surface area contributed by atoms with Crippen molar-refractivity contribution in [3.63, 3.8) is 0 Å². The van der Waals surface area contributed by atoms with E-state index in [1.54, 1.807) is 0 Å². The number of rotatable bonds is 5. The minimum Gasteiger partial charge on any atom is -0.396 e. The molecular formula is C12H21ClN2O. The summed E-state index contributed by atoms with van der Waals surface area (Å²) < 4.78 is 1.84. The predicted molar refractivity (Wildman–Crippen MR) is 66.7 cm³/mol. The standard InChI is InChI=1S/C12H21ClN2O/c1-5-10-12(13)11(15(4)14-10)6-9(7-16)8(2)3/h8-9,16H,5-7H2,1-4H3. The van der Waals surface area contributed by atoms with Gasteiger partial charge in [0.2, 0.25) is 0 Å². The van der Waals surface area contributed by atoms with Gasteiger partial charge in [-0.1, -0.05) is 32.4 Å². The topological polar surface area (TPSA) is 38.0 Å². The van der Waals surface area contributed by atoms with E-state index in [-0.39, 0.29) is 12.5 Å². The number of aliphatic hydroxyl groups is 1. The van der Waals surface area contributed by atoms with Gasteiger partial charge in [0.1, 0.15) is 0 Å². The van der Waals surface area contributed by atoms with Crippen molar-refractivity contribution in [3.05, 3.63) is 16.4 Å². The lowest BCUT2D eigenvalue weighted by molar-refractivity contribution is 0.187. The SMILES string of the molecule is CCc1nn(C)c(CC(CO)C(C)C)c1Cl. The van der Waals surface area contributed by atoms with Crippen LogP contribution in [0.5, 0.6) is 0 Å². The average molecular weight is 245 g/mol. The van der Waals surface area contributed by atoms with Crippen LogP contribution in [-0.4, -0.2) is 21.5 Å². The Labute approximate surface area is 102 Å². The molecule has 16 heavy (non-hydrogen) atoms. The fourth-order valence-corrected chi connectivity index (χ4v) is 2.17. The van der Waals surface area contributed by atoms with E-state index < -0.39 is 0 Å². The summed E-state index contributed by atoms with van der Waals surface area (Å²) in [5.74, 6) is 0.693. The molecule has 1 aromatic rings. The molecule has 0 fully saturated rings. The van der Waals surface area contributed by atoms with Crippen LogP contribution in [0.25, 0.3) is 0 Å². The second-order valence-corrected chi connectivity index (χ2v) is 4.95. The van der Waals surface area contributed by atoms with Crippen LogP contribution in [0.1, 0.15) is 32.2 Å². The zero-order chi connectivity index (χ0) is 12.3. The third-order valence-electron chi connectivity index (χ3n) is 3.14. The van der Waals surface area contributed by atoms with Gasteiger partial charge in [0.05, 0.1) is 16.4 Å². The van der Waals surface area contributed by atoms with Crippen LogP contribution in [0.4, 0.5) is 0 Å². The number of aryl methyl sites for hydroxylation is 2. The molecule has 0 aromatic carbocycles. The highest BCUT2D eigenvalue weighted by atomic mass is 35.5. The third kappa shape index (κ3) is 2.77. The Morgan fingerprint density at radius 2 is 2.06 bits per heavy atom. The van der Waals surface area contributed by atoms with E-state index in [1.165, 1.54) is 0 Å². The first-order valence-corrected chi connectivity index (χ1v) is 6.20. The zero-order valence-corrected chi connectivity index (χ0v) is 11.3. The van der Waals surface area contributed by atoms with E-state index >= 15 is 0 Å². The summed E-state index contributed by atoms with van der Waals surface area (Å²) >= 11 is 6.27. The van der Waals surface area contributed by atoms with Crippen molar-refractivity contribution in [1.29, 1.82) is 0 Å². The molecule has 0 aliphatic rings. The third-order valence-corrected chi connectivity index (χ3v) is 3.57. The summed E-state index contributed by atoms with van der Waals surface area (Å²) in [6, 6.07) is 0. The Hall–Kier alpha value is -0.540. The van der Waals surface area contributed by atoms with Crippen LogP contribution in [0, 0.1) is 11.8 Å². The number of hydrogen-bond acceptors (Lipinski definition) is 2. The van der Waals surface area contributed by atoms with Gasteiger partial charge in [0.15, 0.2) is 0 Å². The second kappa shape index (κ2) is 5.69. The van der Waals surface area contributed by atoms with Crippen molar-refractivity contribution in [1.82, 2.24) is 9.78 Å². The van der Waals surface area contributed by atoms with Crippen molar-refractivity contribution in [2.45, 2.75) is 33.6 Å². The highest BCUT2D eigenvalue weighted by Gasteiger charge is 2.19. The van der Waals surface area contributed by atoms with Crippen LogP contribution < -0.4 is 0 Å². The van der Waals surface area contributed by atoms with Gasteiger partial charge in [0.25, 0.3) is 0 Å². The lowest BCUT2D eigenvalue weighted by Gasteiger charge is -2.18. The number of aliphatic hydroxyl groups excluding tert-OH is 1. The molecule has 0 amide bonds. The summed E-state index contributed by atoms with van der Waals surface area (Å²) in [5, 5.41) is 14.5. The normalized spacial score (nSPS) is 13.4. The number of hydrogen-bond donors (Lipinski definition) is 1. The summed E-state index contributed by atoms with van der Waals surface area (Å²) in [7, 11) is 1.91. The molecule has 92 valence electrons. The van der Waals surface area contributed by atoms with Crippen molar-refractivity contribution >= 4 is 11.6 Å². The van der Waals surface area contributed by atoms with Gasteiger partial charge in [-0.2, -0.15) is 5.10 Å². The van der Waals surface area contributed by atoms with Gasteiger partial charge in [-0.05, 0) is 24.7 Å². The van der Waals surface area contributed by atoms with E-state index in [1.807, 2.05) is 18.7 Å². The van der Waals surface area contributed by atoms with E-state index in [4.69, 9.17) is 11.6 Å². The van der Waals surface area contributed by atoms with E-state index in [9.17, 15) is 5.11 Å². The molecule has 1 rings (SSSR count). The van der Waals surface area contributed by atoms with E-state index in [0.29, 0.717) is 5.92 Å². The molecule has 0 saturated heterocycles. The van der Waals surface area contributed by atoms with Crippen molar-refractivity contribution in [2.24, 2.45) is 18.9 Å². The maximum absolute atomic E-state index is 9.33. The molecule has 1 unspecified atom stereocenters. The molecule has 3 nitrogen and oxygen atoms in total. The lowest BCUT2D eigenvalue weighted by atomic mass is 9.92. The molecule has 0 saturated carbocycles. The van der Waals surface area contributed by atoms with Crippen LogP contribution in [0.15, 0.2) is 0 Å². The number of aromatic nitrogens is 2. The van der Waals surface area contributed by atoms with Gasteiger partial charge < -0.3 is 5.11 Å². The number of halogens is 1. The van der Waals surface area contributed by atoms with Crippen LogP contribution in [0.3, 0.4) is 0 Å². The van der Waals surface area contributed by atoms with E-state index in [0.717, 1.165) is 29.3 Å². The summed E-state index contributed by atoms with van der Waals surface area (Å²) in [5.41, 5.74) is 1.98. The Morgan fingerprint density at radius 3 is 2.44 bits per heavy atom. The Kier molecular flexibility index (Phi) is 4.81. The molecule has 1 N–H and O–H groups in total. The summed E-state index contributed by atoms with van der Waals surface area (Å²) in [4.78, 5) is 0. The Morgan fingerprint density at radius 1 is 1.44 bits per heavy atom. The Bertz CT molecular complexity index is 347. The summed E-state index contributed by atoms with van der Waals surface area (Å²) in [6.07, 6.45) is 1.63. The van der Waals surface area contributed by atoms with Gasteiger partial charge in [-0.25, -0.2) is 0 Å². The molecule has 0 aliphatic heterocycles. The molecular weight excluding hydrogens is 224 g/mol. The van der Waals surface area contributed by atoms with Crippen molar-refractivity contribution in [3.8, 4) is 0 Å². The largest absolute Gasteiger partial charge is 0.396 e. The van der Waals surface area contributed by atoms with Gasteiger partial charge in [0, 0.05) is 13.7 Å². The minimum atomic E-state index is 0.195. The van der Waals surface area contributed by atoms with Crippen LogP contribution >= 0.6 is 11.6 Å². The Balaban J connectivity index is 2.91. The molecule has 1 aromatic heterocycles. The predicted octanol–water partition coefficient (Wildman–Crippen LogP) is 2.44. The molecule has 1 atom stereocenters.